The van der Waals surface area contributed by atoms with Crippen molar-refractivity contribution in [2.75, 3.05) is 36.0 Å². The monoisotopic (exact) mass is 369 g/mol. The Kier molecular flexibility index (Phi) is 4.30. The molecule has 0 spiro atoms. The highest BCUT2D eigenvalue weighted by molar-refractivity contribution is 6.28. The lowest BCUT2D eigenvalue weighted by Crippen LogP contribution is -2.47. The molecule has 0 aliphatic carbocycles. The lowest BCUT2D eigenvalue weighted by Gasteiger charge is -2.37. The minimum absolute atomic E-state index is 0.106. The number of rotatable bonds is 3. The topological polar surface area (TPSA) is 75.4 Å². The molecule has 132 valence electrons. The van der Waals surface area contributed by atoms with Crippen LogP contribution in [0.2, 0.25) is 5.28 Å². The Balaban J connectivity index is 1.53. The van der Waals surface area contributed by atoms with Crippen molar-refractivity contribution in [3.8, 4) is 0 Å². The molecule has 1 aliphatic rings. The molecular formula is C18H16ClN5O2. The molecule has 1 aromatic heterocycles. The molecule has 0 saturated carbocycles. The summed E-state index contributed by atoms with van der Waals surface area (Å²) in [6, 6.07) is 14.5. The van der Waals surface area contributed by atoms with E-state index in [1.807, 2.05) is 24.3 Å². The number of nitro groups is 1. The Morgan fingerprint density at radius 2 is 1.58 bits per heavy atom. The van der Waals surface area contributed by atoms with Crippen LogP contribution in [-0.4, -0.2) is 41.1 Å². The van der Waals surface area contributed by atoms with E-state index in [9.17, 15) is 10.1 Å². The predicted molar refractivity (Wildman–Crippen MR) is 102 cm³/mol. The summed E-state index contributed by atoms with van der Waals surface area (Å²) >= 11 is 6.09. The first-order chi connectivity index (χ1) is 12.6. The first kappa shape index (κ1) is 16.5. The SMILES string of the molecule is O=[N+]([O-])c1ccc(N2CCN(c3nc(Cl)nc4ccccc34)CC2)cc1. The third kappa shape index (κ3) is 3.13. The highest BCUT2D eigenvalue weighted by Crippen LogP contribution is 2.27. The molecule has 0 unspecified atom stereocenters. The second-order valence-electron chi connectivity index (χ2n) is 6.08. The molecule has 26 heavy (non-hydrogen) atoms. The zero-order chi connectivity index (χ0) is 18.1. The molecule has 4 rings (SSSR count). The molecule has 0 atom stereocenters. The van der Waals surface area contributed by atoms with Crippen LogP contribution in [0.4, 0.5) is 17.2 Å². The minimum atomic E-state index is -0.383. The van der Waals surface area contributed by atoms with Gasteiger partial charge in [-0.05, 0) is 35.9 Å². The number of halogens is 1. The zero-order valence-corrected chi connectivity index (χ0v) is 14.6. The van der Waals surface area contributed by atoms with Gasteiger partial charge in [-0.2, -0.15) is 4.98 Å². The van der Waals surface area contributed by atoms with Gasteiger partial charge in [0.05, 0.1) is 10.4 Å². The van der Waals surface area contributed by atoms with Crippen molar-refractivity contribution < 1.29 is 4.92 Å². The van der Waals surface area contributed by atoms with Gasteiger partial charge in [-0.15, -0.1) is 0 Å². The van der Waals surface area contributed by atoms with Crippen LogP contribution in [0.15, 0.2) is 48.5 Å². The number of aromatic nitrogens is 2. The van der Waals surface area contributed by atoms with E-state index in [2.05, 4.69) is 19.8 Å². The van der Waals surface area contributed by atoms with E-state index >= 15 is 0 Å². The fourth-order valence-corrected chi connectivity index (χ4v) is 3.41. The minimum Gasteiger partial charge on any atom is -0.368 e. The molecule has 3 aromatic rings. The molecule has 2 heterocycles. The standard InChI is InChI=1S/C18H16ClN5O2/c19-18-20-16-4-2-1-3-15(16)17(21-18)23-11-9-22(10-12-23)13-5-7-14(8-6-13)24(25)26/h1-8H,9-12H2. The summed E-state index contributed by atoms with van der Waals surface area (Å²) < 4.78 is 0. The highest BCUT2D eigenvalue weighted by atomic mass is 35.5. The molecular weight excluding hydrogens is 354 g/mol. The first-order valence-electron chi connectivity index (χ1n) is 8.28. The van der Waals surface area contributed by atoms with E-state index in [1.165, 1.54) is 0 Å². The summed E-state index contributed by atoms with van der Waals surface area (Å²) in [5.74, 6) is 0.851. The van der Waals surface area contributed by atoms with Gasteiger partial charge in [0.2, 0.25) is 5.28 Å². The van der Waals surface area contributed by atoms with Gasteiger partial charge in [0, 0.05) is 49.4 Å². The Morgan fingerprint density at radius 1 is 0.923 bits per heavy atom. The van der Waals surface area contributed by atoms with Gasteiger partial charge in [0.25, 0.3) is 5.69 Å². The van der Waals surface area contributed by atoms with E-state index < -0.39 is 0 Å². The Labute approximate surface area is 155 Å². The van der Waals surface area contributed by atoms with Gasteiger partial charge < -0.3 is 9.80 Å². The third-order valence-electron chi connectivity index (χ3n) is 4.56. The average molecular weight is 370 g/mol. The number of benzene rings is 2. The second-order valence-corrected chi connectivity index (χ2v) is 6.42. The molecule has 1 aliphatic heterocycles. The average Bonchev–Trinajstić information content (AvgIpc) is 2.67. The van der Waals surface area contributed by atoms with Crippen molar-refractivity contribution in [1.29, 1.82) is 0 Å². The highest BCUT2D eigenvalue weighted by Gasteiger charge is 2.21. The van der Waals surface area contributed by atoms with E-state index in [0.29, 0.717) is 0 Å². The van der Waals surface area contributed by atoms with Crippen molar-refractivity contribution in [1.82, 2.24) is 9.97 Å². The van der Waals surface area contributed by atoms with E-state index in [-0.39, 0.29) is 15.9 Å². The smallest absolute Gasteiger partial charge is 0.269 e. The maximum absolute atomic E-state index is 10.8. The summed E-state index contributed by atoms with van der Waals surface area (Å²) in [6.45, 7) is 3.17. The van der Waals surface area contributed by atoms with Crippen molar-refractivity contribution >= 4 is 39.7 Å². The Bertz CT molecular complexity index is 955. The summed E-state index contributed by atoms with van der Waals surface area (Å²) in [5.41, 5.74) is 1.93. The number of hydrogen-bond acceptors (Lipinski definition) is 6. The van der Waals surface area contributed by atoms with Crippen molar-refractivity contribution in [3.63, 3.8) is 0 Å². The zero-order valence-electron chi connectivity index (χ0n) is 13.9. The van der Waals surface area contributed by atoms with Crippen LogP contribution in [0, 0.1) is 10.1 Å². The molecule has 0 radical (unpaired) electrons. The lowest BCUT2D eigenvalue weighted by atomic mass is 10.2. The van der Waals surface area contributed by atoms with Crippen LogP contribution in [0.5, 0.6) is 0 Å². The Morgan fingerprint density at radius 3 is 2.27 bits per heavy atom. The summed E-state index contributed by atoms with van der Waals surface area (Å²) in [4.78, 5) is 23.5. The van der Waals surface area contributed by atoms with Crippen LogP contribution in [0.1, 0.15) is 0 Å². The van der Waals surface area contributed by atoms with Crippen LogP contribution in [-0.2, 0) is 0 Å². The van der Waals surface area contributed by atoms with E-state index in [4.69, 9.17) is 11.6 Å². The van der Waals surface area contributed by atoms with Crippen LogP contribution in [0.3, 0.4) is 0 Å². The number of anilines is 2. The largest absolute Gasteiger partial charge is 0.368 e. The molecule has 2 aromatic carbocycles. The number of piperazine rings is 1. The number of para-hydroxylation sites is 1. The van der Waals surface area contributed by atoms with E-state index in [0.717, 1.165) is 48.6 Å². The van der Waals surface area contributed by atoms with Gasteiger partial charge in [0.15, 0.2) is 0 Å². The van der Waals surface area contributed by atoms with Crippen molar-refractivity contribution in [2.45, 2.75) is 0 Å². The van der Waals surface area contributed by atoms with Crippen LogP contribution < -0.4 is 9.80 Å². The predicted octanol–water partition coefficient (Wildman–Crippen LogP) is 3.52. The number of non-ortho nitro benzene ring substituents is 1. The lowest BCUT2D eigenvalue weighted by molar-refractivity contribution is -0.384. The van der Waals surface area contributed by atoms with Gasteiger partial charge in [-0.3, -0.25) is 10.1 Å². The Hall–Kier alpha value is -2.93. The van der Waals surface area contributed by atoms with Gasteiger partial charge in [-0.25, -0.2) is 4.98 Å². The van der Waals surface area contributed by atoms with Crippen molar-refractivity contribution in [2.24, 2.45) is 0 Å². The normalized spacial score (nSPS) is 14.7. The fraction of sp³-hybridized carbons (Fsp3) is 0.222. The van der Waals surface area contributed by atoms with Gasteiger partial charge in [-0.1, -0.05) is 12.1 Å². The third-order valence-corrected chi connectivity index (χ3v) is 4.73. The molecule has 0 bridgehead atoms. The molecule has 0 N–H and O–H groups in total. The van der Waals surface area contributed by atoms with Crippen LogP contribution in [0.25, 0.3) is 10.9 Å². The fourth-order valence-electron chi connectivity index (χ4n) is 3.23. The molecule has 8 heteroatoms. The summed E-state index contributed by atoms with van der Waals surface area (Å²) in [7, 11) is 0. The molecule has 7 nitrogen and oxygen atoms in total. The quantitative estimate of drug-likeness (QED) is 0.399. The number of nitro benzene ring substituents is 1. The van der Waals surface area contributed by atoms with Gasteiger partial charge >= 0.3 is 0 Å². The van der Waals surface area contributed by atoms with Gasteiger partial charge in [0.1, 0.15) is 5.82 Å². The first-order valence-corrected chi connectivity index (χ1v) is 8.66. The second kappa shape index (κ2) is 6.76. The number of fused-ring (bicyclic) bond motifs is 1. The molecule has 1 fully saturated rings. The maximum atomic E-state index is 10.8. The van der Waals surface area contributed by atoms with E-state index in [1.54, 1.807) is 24.3 Å². The maximum Gasteiger partial charge on any atom is 0.269 e. The molecule has 1 saturated heterocycles. The number of nitrogens with zero attached hydrogens (tertiary/aromatic N) is 5. The summed E-state index contributed by atoms with van der Waals surface area (Å²) in [6.07, 6.45) is 0. The summed E-state index contributed by atoms with van der Waals surface area (Å²) in [5, 5.41) is 12.0. The molecule has 0 amide bonds. The number of hydrogen-bond donors (Lipinski definition) is 0. The van der Waals surface area contributed by atoms with Crippen molar-refractivity contribution in [3.05, 3.63) is 63.9 Å². The van der Waals surface area contributed by atoms with Crippen LogP contribution >= 0.6 is 11.6 Å².